The minimum atomic E-state index is -3.20. The van der Waals surface area contributed by atoms with Gasteiger partial charge in [-0.3, -0.25) is 10.1 Å². The first-order valence-corrected chi connectivity index (χ1v) is 11.1. The Morgan fingerprint density at radius 1 is 1.11 bits per heavy atom. The van der Waals surface area contributed by atoms with Gasteiger partial charge < -0.3 is 15.4 Å². The molecule has 0 radical (unpaired) electrons. The Hall–Kier alpha value is -3.21. The molecule has 8 nitrogen and oxygen atoms in total. The zero-order valence-electron chi connectivity index (χ0n) is 19.1. The lowest BCUT2D eigenvalue weighted by molar-refractivity contribution is -0.0629. The van der Waals surface area contributed by atoms with E-state index in [0.29, 0.717) is 11.3 Å². The van der Waals surface area contributed by atoms with E-state index < -0.39 is 30.9 Å². The Kier molecular flexibility index (Phi) is 8.31. The summed E-state index contributed by atoms with van der Waals surface area (Å²) >= 11 is 12.1. The topological polar surface area (TPSA) is 97.3 Å². The van der Waals surface area contributed by atoms with Crippen molar-refractivity contribution in [3.05, 3.63) is 69.3 Å². The number of carbonyl (C=O) groups is 2. The maximum atomic E-state index is 14.2. The van der Waals surface area contributed by atoms with Crippen molar-refractivity contribution in [3.8, 4) is 5.69 Å². The molecule has 3 rings (SSSR count). The van der Waals surface area contributed by atoms with Gasteiger partial charge in [-0.2, -0.15) is 5.10 Å². The number of hydrogen-bond donors (Lipinski definition) is 3. The van der Waals surface area contributed by atoms with Gasteiger partial charge in [0, 0.05) is 31.8 Å². The number of rotatable bonds is 8. The molecule has 0 aliphatic carbocycles. The van der Waals surface area contributed by atoms with Gasteiger partial charge in [0.15, 0.2) is 5.69 Å². The average molecular weight is 526 g/mol. The molecule has 35 heavy (non-hydrogen) atoms. The summed E-state index contributed by atoms with van der Waals surface area (Å²) in [6.45, 7) is 0.819. The van der Waals surface area contributed by atoms with Gasteiger partial charge in [-0.1, -0.05) is 41.4 Å². The molecule has 0 unspecified atom stereocenters. The number of amides is 3. The van der Waals surface area contributed by atoms with E-state index in [1.54, 1.807) is 31.2 Å². The normalized spacial score (nSPS) is 11.3. The quantitative estimate of drug-likeness (QED) is 0.371. The van der Waals surface area contributed by atoms with Crippen molar-refractivity contribution in [1.29, 1.82) is 0 Å². The zero-order chi connectivity index (χ0) is 25.8. The summed E-state index contributed by atoms with van der Waals surface area (Å²) in [5.41, 5.74) is 1.22. The number of ether oxygens (including phenoxy) is 1. The largest absolute Gasteiger partial charge is 0.378 e. The van der Waals surface area contributed by atoms with Crippen LogP contribution in [0, 0.1) is 6.92 Å². The lowest BCUT2D eigenvalue weighted by Gasteiger charge is -2.19. The first-order chi connectivity index (χ1) is 16.6. The van der Waals surface area contributed by atoms with Crippen molar-refractivity contribution in [2.75, 3.05) is 31.4 Å². The lowest BCUT2D eigenvalue weighted by Crippen LogP contribution is -2.27. The number of urea groups is 1. The van der Waals surface area contributed by atoms with Gasteiger partial charge in [0.05, 0.1) is 15.7 Å². The summed E-state index contributed by atoms with van der Waals surface area (Å²) in [6, 6.07) is 10.7. The number of para-hydroxylation sites is 1. The van der Waals surface area contributed by atoms with Crippen LogP contribution in [0.15, 0.2) is 42.5 Å². The van der Waals surface area contributed by atoms with Crippen molar-refractivity contribution >= 4 is 46.6 Å². The van der Waals surface area contributed by atoms with Gasteiger partial charge in [-0.05, 0) is 36.8 Å². The highest BCUT2D eigenvalue weighted by molar-refractivity contribution is 6.42. The fourth-order valence-corrected chi connectivity index (χ4v) is 3.74. The number of benzene rings is 2. The molecule has 0 bridgehead atoms. The number of alkyl halides is 2. The minimum Gasteiger partial charge on any atom is -0.378 e. The molecule has 0 saturated heterocycles. The zero-order valence-corrected chi connectivity index (χ0v) is 20.6. The van der Waals surface area contributed by atoms with Crippen molar-refractivity contribution in [2.45, 2.75) is 19.3 Å². The number of anilines is 2. The van der Waals surface area contributed by atoms with Gasteiger partial charge in [0.2, 0.25) is 0 Å². The Labute approximate surface area is 210 Å². The smallest absolute Gasteiger partial charge is 0.324 e. The van der Waals surface area contributed by atoms with Crippen molar-refractivity contribution in [2.24, 2.45) is 0 Å². The fourth-order valence-electron chi connectivity index (χ4n) is 3.39. The van der Waals surface area contributed by atoms with Crippen LogP contribution in [0.4, 0.5) is 25.1 Å². The number of halogens is 4. The van der Waals surface area contributed by atoms with Crippen molar-refractivity contribution < 1.29 is 23.1 Å². The Bertz CT molecular complexity index is 1240. The predicted octanol–water partition coefficient (Wildman–Crippen LogP) is 5.32. The van der Waals surface area contributed by atoms with Crippen LogP contribution in [0.25, 0.3) is 5.69 Å². The molecular formula is C23H23Cl2F2N5O3. The van der Waals surface area contributed by atoms with Crippen LogP contribution >= 0.6 is 23.2 Å². The van der Waals surface area contributed by atoms with Crippen molar-refractivity contribution in [3.63, 3.8) is 0 Å². The molecule has 3 amide bonds. The van der Waals surface area contributed by atoms with E-state index >= 15 is 0 Å². The van der Waals surface area contributed by atoms with Gasteiger partial charge >= 0.3 is 6.03 Å². The second-order valence-corrected chi connectivity index (χ2v) is 8.43. The molecule has 0 spiro atoms. The molecule has 0 aliphatic rings. The monoisotopic (exact) mass is 525 g/mol. The van der Waals surface area contributed by atoms with Crippen LogP contribution in [0.3, 0.4) is 0 Å². The lowest BCUT2D eigenvalue weighted by atomic mass is 10.1. The summed E-state index contributed by atoms with van der Waals surface area (Å²) in [7, 11) is 2.63. The SMILES string of the molecule is CNC(=O)c1nn(-c2ccccc2)c(NC(=O)Nc2cc(Cl)c(Cl)cc2CC(F)(F)COC)c1C. The second kappa shape index (κ2) is 11.0. The van der Waals surface area contributed by atoms with E-state index in [9.17, 15) is 18.4 Å². The molecule has 0 atom stereocenters. The number of aromatic nitrogens is 2. The summed E-state index contributed by atoms with van der Waals surface area (Å²) in [5.74, 6) is -3.42. The molecule has 0 fully saturated rings. The Morgan fingerprint density at radius 2 is 1.77 bits per heavy atom. The Morgan fingerprint density at radius 3 is 2.40 bits per heavy atom. The van der Waals surface area contributed by atoms with Crippen LogP contribution in [0.5, 0.6) is 0 Å². The van der Waals surface area contributed by atoms with Crippen molar-refractivity contribution in [1.82, 2.24) is 15.1 Å². The van der Waals surface area contributed by atoms with E-state index in [-0.39, 0.29) is 32.8 Å². The third-order valence-electron chi connectivity index (χ3n) is 5.00. The van der Waals surface area contributed by atoms with Gasteiger partial charge in [0.25, 0.3) is 11.8 Å². The number of carbonyl (C=O) groups excluding carboxylic acids is 2. The summed E-state index contributed by atoms with van der Waals surface area (Å²) < 4.78 is 34.5. The number of hydrogen-bond acceptors (Lipinski definition) is 4. The second-order valence-electron chi connectivity index (χ2n) is 7.62. The Balaban J connectivity index is 1.95. The molecule has 1 aromatic heterocycles. The minimum absolute atomic E-state index is 0.0441. The summed E-state index contributed by atoms with van der Waals surface area (Å²) in [6.07, 6.45) is -0.741. The number of nitrogens with one attached hydrogen (secondary N) is 3. The molecule has 1 heterocycles. The number of nitrogens with zero attached hydrogens (tertiary/aromatic N) is 2. The van der Waals surface area contributed by atoms with E-state index in [1.807, 2.05) is 6.07 Å². The van der Waals surface area contributed by atoms with Crippen LogP contribution in [-0.4, -0.2) is 48.4 Å². The first kappa shape index (κ1) is 26.4. The van der Waals surface area contributed by atoms with E-state index in [1.165, 1.54) is 31.0 Å². The molecule has 3 aromatic rings. The highest BCUT2D eigenvalue weighted by Crippen LogP contribution is 2.33. The first-order valence-electron chi connectivity index (χ1n) is 10.4. The third-order valence-corrected chi connectivity index (χ3v) is 5.72. The maximum Gasteiger partial charge on any atom is 0.324 e. The third kappa shape index (κ3) is 6.27. The highest BCUT2D eigenvalue weighted by atomic mass is 35.5. The van der Waals surface area contributed by atoms with Crippen LogP contribution in [0.2, 0.25) is 10.0 Å². The van der Waals surface area contributed by atoms with Gasteiger partial charge in [-0.25, -0.2) is 18.3 Å². The standard InChI is InChI=1S/C23H23Cl2F2N5O3/c1-13-19(21(33)28-2)31-32(15-7-5-4-6-8-15)20(13)30-22(34)29-18-10-17(25)16(24)9-14(18)11-23(26,27)12-35-3/h4-10H,11-12H2,1-3H3,(H,28,33)(H2,29,30,34). The predicted molar refractivity (Wildman–Crippen MR) is 131 cm³/mol. The van der Waals surface area contributed by atoms with E-state index in [0.717, 1.165) is 0 Å². The molecule has 3 N–H and O–H groups in total. The van der Waals surface area contributed by atoms with E-state index in [2.05, 4.69) is 25.8 Å². The fraction of sp³-hybridized carbons (Fsp3) is 0.261. The average Bonchev–Trinajstić information content (AvgIpc) is 3.13. The van der Waals surface area contributed by atoms with E-state index in [4.69, 9.17) is 23.2 Å². The van der Waals surface area contributed by atoms with Crippen LogP contribution in [-0.2, 0) is 11.2 Å². The summed E-state index contributed by atoms with van der Waals surface area (Å²) in [4.78, 5) is 25.2. The molecule has 186 valence electrons. The van der Waals surface area contributed by atoms with Crippen LogP contribution < -0.4 is 16.0 Å². The van der Waals surface area contributed by atoms with Crippen LogP contribution in [0.1, 0.15) is 21.6 Å². The maximum absolute atomic E-state index is 14.2. The number of methoxy groups -OCH3 is 1. The molecule has 0 aliphatic heterocycles. The molecule has 2 aromatic carbocycles. The molecule has 12 heteroatoms. The van der Waals surface area contributed by atoms with Gasteiger partial charge in [0.1, 0.15) is 12.4 Å². The molecular weight excluding hydrogens is 503 g/mol. The summed E-state index contributed by atoms with van der Waals surface area (Å²) in [5, 5.41) is 12.2. The highest BCUT2D eigenvalue weighted by Gasteiger charge is 2.31. The molecule has 0 saturated carbocycles. The van der Waals surface area contributed by atoms with Gasteiger partial charge in [-0.15, -0.1) is 0 Å².